The van der Waals surface area contributed by atoms with Gasteiger partial charge < -0.3 is 9.47 Å². The van der Waals surface area contributed by atoms with Crippen molar-refractivity contribution in [3.05, 3.63) is 20.2 Å². The maximum absolute atomic E-state index is 12.2. The molecule has 0 aromatic heterocycles. The molecule has 0 rings (SSSR count). The molecule has 0 saturated heterocycles. The van der Waals surface area contributed by atoms with Gasteiger partial charge in [0.05, 0.1) is 13.5 Å². The number of hydrogen-bond acceptors (Lipinski definition) is 9. The first-order valence-electron chi connectivity index (χ1n) is 5.29. The molecular weight excluding hydrogens is 328 g/mol. The van der Waals surface area contributed by atoms with E-state index in [1.165, 1.54) is 0 Å². The zero-order valence-electron chi connectivity index (χ0n) is 10.9. The minimum absolute atomic E-state index is 0.540. The number of halogens is 4. The normalized spacial score (nSPS) is 13.0. The highest BCUT2D eigenvalue weighted by Crippen LogP contribution is 2.11. The van der Waals surface area contributed by atoms with Gasteiger partial charge in [-0.05, 0) is 0 Å². The van der Waals surface area contributed by atoms with E-state index in [0.29, 0.717) is 6.92 Å². The molecule has 11 nitrogen and oxygen atoms in total. The van der Waals surface area contributed by atoms with Crippen LogP contribution in [0.2, 0.25) is 0 Å². The molecule has 15 heteroatoms. The first kappa shape index (κ1) is 19.7. The van der Waals surface area contributed by atoms with Crippen LogP contribution in [0.15, 0.2) is 0 Å². The monoisotopic (exact) mass is 338 g/mol. The molecule has 128 valence electrons. The first-order valence-corrected chi connectivity index (χ1v) is 5.29. The minimum atomic E-state index is -2.86. The van der Waals surface area contributed by atoms with Crippen LogP contribution in [0.1, 0.15) is 6.92 Å². The Kier molecular flexibility index (Phi) is 7.37. The predicted octanol–water partition coefficient (Wildman–Crippen LogP) is 0.920. The number of carbonyl (C=O) groups is 1. The molecule has 0 N–H and O–H groups in total. The zero-order chi connectivity index (χ0) is 17.5. The average Bonchev–Trinajstić information content (AvgIpc) is 2.39. The van der Waals surface area contributed by atoms with Gasteiger partial charge in [-0.15, -0.1) is 17.9 Å². The second-order valence-corrected chi connectivity index (χ2v) is 3.98. The van der Waals surface area contributed by atoms with Gasteiger partial charge >= 0.3 is 11.8 Å². The lowest BCUT2D eigenvalue weighted by Crippen LogP contribution is -2.48. The second-order valence-electron chi connectivity index (χ2n) is 3.98. The van der Waals surface area contributed by atoms with Crippen molar-refractivity contribution >= 4 is 6.16 Å². The van der Waals surface area contributed by atoms with Crippen molar-refractivity contribution in [1.82, 2.24) is 10.7 Å². The Balaban J connectivity index is 4.45. The van der Waals surface area contributed by atoms with Crippen LogP contribution < -0.4 is 0 Å². The van der Waals surface area contributed by atoms with Crippen molar-refractivity contribution in [2.75, 3.05) is 19.8 Å². The van der Waals surface area contributed by atoms with Crippen LogP contribution in [0.3, 0.4) is 0 Å². The fourth-order valence-corrected chi connectivity index (χ4v) is 0.904. The van der Waals surface area contributed by atoms with Crippen LogP contribution in [0, 0.1) is 20.2 Å². The number of ether oxygens (including phenoxy) is 2. The van der Waals surface area contributed by atoms with E-state index in [1.54, 1.807) is 0 Å². The fraction of sp³-hybridized carbons (Fsp3) is 0.857. The number of nitro groups is 2. The van der Waals surface area contributed by atoms with Crippen molar-refractivity contribution < 1.29 is 42.0 Å². The van der Waals surface area contributed by atoms with Crippen LogP contribution in [0.4, 0.5) is 22.7 Å². The van der Waals surface area contributed by atoms with E-state index >= 15 is 0 Å². The summed E-state index contributed by atoms with van der Waals surface area (Å²) in [5, 5.41) is 17.8. The van der Waals surface area contributed by atoms with Crippen LogP contribution in [0.25, 0.3) is 0 Å². The smallest absolute Gasteiger partial charge is 0.432 e. The molecule has 0 aliphatic rings. The SMILES string of the molecule is CC(COC(=O)OCC(CN(F)F)N(F)F)([N+](=O)[O-])[N+](=O)[O-]. The van der Waals surface area contributed by atoms with Gasteiger partial charge in [-0.25, -0.2) is 4.79 Å². The standard InChI is InChI=1S/C7H10F4N4O7/c1-7(14(17)18,15(19)20)4-22-6(16)21-3-5(13(10)11)2-12(8)9/h5H,2-4H2,1H3. The molecule has 0 aliphatic heterocycles. The molecule has 0 bridgehead atoms. The van der Waals surface area contributed by atoms with Gasteiger partial charge in [0, 0.05) is 10.7 Å². The van der Waals surface area contributed by atoms with Gasteiger partial charge in [-0.2, -0.15) is 0 Å². The molecule has 0 spiro atoms. The lowest BCUT2D eigenvalue weighted by molar-refractivity contribution is -0.793. The van der Waals surface area contributed by atoms with E-state index in [-0.39, 0.29) is 0 Å². The molecule has 0 fully saturated rings. The third kappa shape index (κ3) is 6.00. The minimum Gasteiger partial charge on any atom is -0.432 e. The van der Waals surface area contributed by atoms with Crippen molar-refractivity contribution in [3.8, 4) is 0 Å². The Morgan fingerprint density at radius 1 is 1.18 bits per heavy atom. The maximum atomic E-state index is 12.2. The number of carbonyl (C=O) groups excluding carboxylic acids is 1. The zero-order valence-corrected chi connectivity index (χ0v) is 10.9. The molecule has 0 radical (unpaired) electrons. The highest BCUT2D eigenvalue weighted by Gasteiger charge is 2.52. The van der Waals surface area contributed by atoms with Gasteiger partial charge in [-0.3, -0.25) is 20.2 Å². The molecule has 0 aliphatic carbocycles. The van der Waals surface area contributed by atoms with Gasteiger partial charge in [0.15, 0.2) is 0 Å². The average molecular weight is 338 g/mol. The fourth-order valence-electron chi connectivity index (χ4n) is 0.904. The summed E-state index contributed by atoms with van der Waals surface area (Å²) in [7, 11) is 0. The summed E-state index contributed by atoms with van der Waals surface area (Å²) < 4.78 is 56.0. The van der Waals surface area contributed by atoms with E-state index in [1.807, 2.05) is 0 Å². The van der Waals surface area contributed by atoms with Gasteiger partial charge in [-0.1, -0.05) is 0 Å². The van der Waals surface area contributed by atoms with E-state index in [2.05, 4.69) is 9.47 Å². The first-order chi connectivity index (χ1) is 10.0. The van der Waals surface area contributed by atoms with Gasteiger partial charge in [0.2, 0.25) is 6.61 Å². The Hall–Kier alpha value is -2.29. The van der Waals surface area contributed by atoms with Gasteiger partial charge in [0.1, 0.15) is 22.5 Å². The van der Waals surface area contributed by atoms with Crippen molar-refractivity contribution in [3.63, 3.8) is 0 Å². The lowest BCUT2D eigenvalue weighted by Gasteiger charge is -2.17. The highest BCUT2D eigenvalue weighted by atomic mass is 19.4. The highest BCUT2D eigenvalue weighted by molar-refractivity contribution is 5.59. The Labute approximate surface area is 119 Å². The molecule has 1 atom stereocenters. The molecule has 22 heavy (non-hydrogen) atoms. The quantitative estimate of drug-likeness (QED) is 0.150. The van der Waals surface area contributed by atoms with Crippen LogP contribution in [-0.2, 0) is 9.47 Å². The van der Waals surface area contributed by atoms with Gasteiger partial charge in [0.25, 0.3) is 0 Å². The summed E-state index contributed by atoms with van der Waals surface area (Å²) in [5.74, 6) is 0. The Bertz CT molecular complexity index is 410. The lowest BCUT2D eigenvalue weighted by atomic mass is 10.2. The van der Waals surface area contributed by atoms with E-state index in [9.17, 15) is 42.9 Å². The summed E-state index contributed by atoms with van der Waals surface area (Å²) >= 11 is 0. The van der Waals surface area contributed by atoms with Crippen molar-refractivity contribution in [1.29, 1.82) is 0 Å². The molecule has 0 heterocycles. The Morgan fingerprint density at radius 3 is 2.05 bits per heavy atom. The summed E-state index contributed by atoms with van der Waals surface area (Å²) in [4.78, 5) is 29.3. The summed E-state index contributed by atoms with van der Waals surface area (Å²) in [6.07, 6.45) is -1.76. The molecule has 1 unspecified atom stereocenters. The summed E-state index contributed by atoms with van der Waals surface area (Å²) in [6.45, 7) is -3.51. The number of hydrogen-bond donors (Lipinski definition) is 0. The number of nitrogens with zero attached hydrogens (tertiary/aromatic N) is 4. The largest absolute Gasteiger partial charge is 0.508 e. The third-order valence-electron chi connectivity index (χ3n) is 2.27. The van der Waals surface area contributed by atoms with Crippen molar-refractivity contribution in [2.24, 2.45) is 0 Å². The van der Waals surface area contributed by atoms with Crippen LogP contribution >= 0.6 is 0 Å². The third-order valence-corrected chi connectivity index (χ3v) is 2.27. The van der Waals surface area contributed by atoms with E-state index in [0.717, 1.165) is 0 Å². The summed E-state index contributed by atoms with van der Waals surface area (Å²) in [5.41, 5.74) is -2.86. The predicted molar refractivity (Wildman–Crippen MR) is 56.5 cm³/mol. The molecule has 0 saturated carbocycles. The topological polar surface area (TPSA) is 128 Å². The Morgan fingerprint density at radius 2 is 1.68 bits per heavy atom. The van der Waals surface area contributed by atoms with Crippen LogP contribution in [-0.4, -0.2) is 58.2 Å². The molecule has 0 aromatic rings. The number of rotatable bonds is 9. The molecular formula is C7H10F4N4O7. The van der Waals surface area contributed by atoms with E-state index in [4.69, 9.17) is 0 Å². The second kappa shape index (κ2) is 8.23. The van der Waals surface area contributed by atoms with Crippen molar-refractivity contribution in [2.45, 2.75) is 18.6 Å². The molecule has 0 aromatic carbocycles. The van der Waals surface area contributed by atoms with Crippen LogP contribution in [0.5, 0.6) is 0 Å². The summed E-state index contributed by atoms with van der Waals surface area (Å²) in [6, 6.07) is -2.19. The van der Waals surface area contributed by atoms with E-state index < -0.39 is 58.2 Å². The molecule has 0 amide bonds. The maximum Gasteiger partial charge on any atom is 0.508 e.